The summed E-state index contributed by atoms with van der Waals surface area (Å²) >= 11 is 0. The summed E-state index contributed by atoms with van der Waals surface area (Å²) in [7, 11) is 0. The Labute approximate surface area is 98.8 Å². The van der Waals surface area contributed by atoms with Crippen molar-refractivity contribution in [1.29, 1.82) is 0 Å². The molecule has 0 amide bonds. The van der Waals surface area contributed by atoms with Gasteiger partial charge in [0.15, 0.2) is 0 Å². The van der Waals surface area contributed by atoms with Crippen LogP contribution in [-0.4, -0.2) is 35.1 Å². The lowest BCUT2D eigenvalue weighted by atomic mass is 9.85. The van der Waals surface area contributed by atoms with Crippen LogP contribution in [-0.2, 0) is 4.79 Å². The van der Waals surface area contributed by atoms with E-state index in [2.05, 4.69) is 32.6 Å². The Morgan fingerprint density at radius 2 is 1.88 bits per heavy atom. The first kappa shape index (κ1) is 13.5. The van der Waals surface area contributed by atoms with Crippen LogP contribution in [0, 0.1) is 17.8 Å². The zero-order valence-corrected chi connectivity index (χ0v) is 10.9. The van der Waals surface area contributed by atoms with Gasteiger partial charge >= 0.3 is 5.97 Å². The third kappa shape index (κ3) is 3.21. The van der Waals surface area contributed by atoms with E-state index in [9.17, 15) is 4.79 Å². The third-order valence-corrected chi connectivity index (χ3v) is 3.81. The quantitative estimate of drug-likeness (QED) is 0.784. The van der Waals surface area contributed by atoms with Crippen molar-refractivity contribution < 1.29 is 9.90 Å². The molecule has 0 saturated carbocycles. The van der Waals surface area contributed by atoms with Gasteiger partial charge in [-0.05, 0) is 37.1 Å². The van der Waals surface area contributed by atoms with E-state index in [0.717, 1.165) is 25.9 Å². The molecule has 16 heavy (non-hydrogen) atoms. The molecule has 3 nitrogen and oxygen atoms in total. The van der Waals surface area contributed by atoms with E-state index in [4.69, 9.17) is 5.11 Å². The number of hydrogen-bond donors (Lipinski definition) is 1. The van der Waals surface area contributed by atoms with Gasteiger partial charge in [-0.1, -0.05) is 27.7 Å². The highest BCUT2D eigenvalue weighted by molar-refractivity contribution is 5.73. The van der Waals surface area contributed by atoms with Gasteiger partial charge in [-0.15, -0.1) is 0 Å². The van der Waals surface area contributed by atoms with Gasteiger partial charge in [0.2, 0.25) is 0 Å². The van der Waals surface area contributed by atoms with Crippen molar-refractivity contribution in [2.45, 2.75) is 46.6 Å². The Kier molecular flexibility index (Phi) is 4.78. The van der Waals surface area contributed by atoms with Gasteiger partial charge in [0.1, 0.15) is 6.04 Å². The summed E-state index contributed by atoms with van der Waals surface area (Å²) in [5.41, 5.74) is 0. The van der Waals surface area contributed by atoms with Crippen LogP contribution in [0.3, 0.4) is 0 Å². The monoisotopic (exact) mass is 227 g/mol. The Morgan fingerprint density at radius 3 is 2.31 bits per heavy atom. The summed E-state index contributed by atoms with van der Waals surface area (Å²) in [5.74, 6) is 1.19. The lowest BCUT2D eigenvalue weighted by molar-refractivity contribution is -0.142. The Hall–Kier alpha value is -0.570. The Morgan fingerprint density at radius 1 is 1.31 bits per heavy atom. The van der Waals surface area contributed by atoms with E-state index >= 15 is 0 Å². The molecule has 1 rings (SSSR count). The first-order valence-electron chi connectivity index (χ1n) is 6.40. The molecule has 1 saturated heterocycles. The predicted molar refractivity (Wildman–Crippen MR) is 65.4 cm³/mol. The molecule has 3 heteroatoms. The first-order valence-corrected chi connectivity index (χ1v) is 6.40. The van der Waals surface area contributed by atoms with Crippen molar-refractivity contribution in [3.63, 3.8) is 0 Å². The number of carboxylic acid groups (broad SMARTS) is 1. The van der Waals surface area contributed by atoms with Crippen molar-refractivity contribution in [1.82, 2.24) is 4.90 Å². The third-order valence-electron chi connectivity index (χ3n) is 3.81. The number of likely N-dealkylation sites (tertiary alicyclic amines) is 1. The molecule has 0 aliphatic carbocycles. The maximum atomic E-state index is 11.1. The van der Waals surface area contributed by atoms with Crippen molar-refractivity contribution >= 4 is 5.97 Å². The van der Waals surface area contributed by atoms with Crippen LogP contribution in [0.1, 0.15) is 40.5 Å². The van der Waals surface area contributed by atoms with Crippen molar-refractivity contribution in [2.75, 3.05) is 13.1 Å². The highest BCUT2D eigenvalue weighted by Crippen LogP contribution is 2.26. The SMILES string of the molecule is CC(C)C(CN1CCC[C@@H]1C(=O)O)C(C)C. The molecule has 1 aliphatic rings. The molecular formula is C13H25NO2. The summed E-state index contributed by atoms with van der Waals surface area (Å²) in [5, 5.41) is 9.13. The maximum Gasteiger partial charge on any atom is 0.320 e. The highest BCUT2D eigenvalue weighted by atomic mass is 16.4. The van der Waals surface area contributed by atoms with Crippen molar-refractivity contribution in [3.05, 3.63) is 0 Å². The van der Waals surface area contributed by atoms with Crippen LogP contribution in [0.15, 0.2) is 0 Å². The molecule has 0 unspecified atom stereocenters. The van der Waals surface area contributed by atoms with Gasteiger partial charge in [-0.25, -0.2) is 0 Å². The fraction of sp³-hybridized carbons (Fsp3) is 0.923. The second kappa shape index (κ2) is 5.67. The molecule has 0 aromatic carbocycles. The molecule has 0 aromatic rings. The molecule has 1 fully saturated rings. The second-order valence-corrected chi connectivity index (χ2v) is 5.64. The number of hydrogen-bond acceptors (Lipinski definition) is 2. The van der Waals surface area contributed by atoms with Gasteiger partial charge < -0.3 is 5.11 Å². The lowest BCUT2D eigenvalue weighted by Gasteiger charge is -2.31. The molecule has 1 heterocycles. The van der Waals surface area contributed by atoms with E-state index in [1.54, 1.807) is 0 Å². The van der Waals surface area contributed by atoms with Gasteiger partial charge in [0.25, 0.3) is 0 Å². The Bertz CT molecular complexity index is 230. The normalized spacial score (nSPS) is 22.6. The lowest BCUT2D eigenvalue weighted by Crippen LogP contribution is -2.41. The van der Waals surface area contributed by atoms with E-state index in [0.29, 0.717) is 17.8 Å². The molecule has 0 bridgehead atoms. The fourth-order valence-corrected chi connectivity index (χ4v) is 2.79. The number of nitrogens with zero attached hydrogens (tertiary/aromatic N) is 1. The topological polar surface area (TPSA) is 40.5 Å². The smallest absolute Gasteiger partial charge is 0.320 e. The van der Waals surface area contributed by atoms with Gasteiger partial charge in [0.05, 0.1) is 0 Å². The number of rotatable bonds is 5. The van der Waals surface area contributed by atoms with E-state index in [1.807, 2.05) is 0 Å². The zero-order valence-electron chi connectivity index (χ0n) is 10.9. The first-order chi connectivity index (χ1) is 7.43. The van der Waals surface area contributed by atoms with Crippen LogP contribution in [0.2, 0.25) is 0 Å². The number of carboxylic acids is 1. The molecule has 0 spiro atoms. The Balaban J connectivity index is 2.60. The minimum atomic E-state index is -0.649. The summed E-state index contributed by atoms with van der Waals surface area (Å²) in [4.78, 5) is 13.3. The van der Waals surface area contributed by atoms with Crippen LogP contribution in [0.5, 0.6) is 0 Å². The van der Waals surface area contributed by atoms with E-state index in [1.165, 1.54) is 0 Å². The zero-order chi connectivity index (χ0) is 12.3. The minimum Gasteiger partial charge on any atom is -0.480 e. The van der Waals surface area contributed by atoms with Crippen LogP contribution in [0.4, 0.5) is 0 Å². The molecular weight excluding hydrogens is 202 g/mol. The second-order valence-electron chi connectivity index (χ2n) is 5.64. The highest BCUT2D eigenvalue weighted by Gasteiger charge is 2.33. The predicted octanol–water partition coefficient (Wildman–Crippen LogP) is 2.46. The molecule has 0 aromatic heterocycles. The average molecular weight is 227 g/mol. The van der Waals surface area contributed by atoms with E-state index < -0.39 is 5.97 Å². The summed E-state index contributed by atoms with van der Waals surface area (Å²) in [6.45, 7) is 10.8. The van der Waals surface area contributed by atoms with Crippen LogP contribution in [0.25, 0.3) is 0 Å². The minimum absolute atomic E-state index is 0.236. The summed E-state index contributed by atoms with van der Waals surface area (Å²) in [6.07, 6.45) is 1.85. The van der Waals surface area contributed by atoms with Gasteiger partial charge in [-0.2, -0.15) is 0 Å². The van der Waals surface area contributed by atoms with Crippen LogP contribution >= 0.6 is 0 Å². The number of aliphatic carboxylic acids is 1. The molecule has 1 aliphatic heterocycles. The average Bonchev–Trinajstić information content (AvgIpc) is 2.60. The summed E-state index contributed by atoms with van der Waals surface area (Å²) in [6, 6.07) is -0.236. The van der Waals surface area contributed by atoms with Crippen LogP contribution < -0.4 is 0 Å². The standard InChI is InChI=1S/C13H25NO2/c1-9(2)11(10(3)4)8-14-7-5-6-12(14)13(15)16/h9-12H,5-8H2,1-4H3,(H,15,16)/t12-/m1/s1. The van der Waals surface area contributed by atoms with E-state index in [-0.39, 0.29) is 6.04 Å². The maximum absolute atomic E-state index is 11.1. The van der Waals surface area contributed by atoms with Gasteiger partial charge in [-0.3, -0.25) is 9.69 Å². The van der Waals surface area contributed by atoms with Crippen molar-refractivity contribution in [3.8, 4) is 0 Å². The molecule has 0 radical (unpaired) electrons. The van der Waals surface area contributed by atoms with Gasteiger partial charge in [0, 0.05) is 6.54 Å². The number of carbonyl (C=O) groups is 1. The summed E-state index contributed by atoms with van der Waals surface area (Å²) < 4.78 is 0. The largest absolute Gasteiger partial charge is 0.480 e. The van der Waals surface area contributed by atoms with Crippen molar-refractivity contribution in [2.24, 2.45) is 17.8 Å². The molecule has 94 valence electrons. The molecule has 1 atom stereocenters. The molecule has 1 N–H and O–H groups in total. The fourth-order valence-electron chi connectivity index (χ4n) is 2.79.